The second-order valence-electron chi connectivity index (χ2n) is 12.9. The molecule has 4 aliphatic rings. The molecular formula is C27H45F3O2. The van der Waals surface area contributed by atoms with Gasteiger partial charge < -0.3 is 10.2 Å². The lowest BCUT2D eigenvalue weighted by molar-refractivity contribution is -0.290. The van der Waals surface area contributed by atoms with E-state index in [0.717, 1.165) is 38.0 Å². The molecular weight excluding hydrogens is 413 g/mol. The van der Waals surface area contributed by atoms with Crippen molar-refractivity contribution in [3.8, 4) is 0 Å². The molecule has 0 bridgehead atoms. The molecule has 10 atom stereocenters. The molecule has 0 saturated heterocycles. The Morgan fingerprint density at radius 2 is 1.56 bits per heavy atom. The first-order chi connectivity index (χ1) is 14.8. The van der Waals surface area contributed by atoms with Crippen molar-refractivity contribution in [3.63, 3.8) is 0 Å². The van der Waals surface area contributed by atoms with Crippen molar-refractivity contribution in [2.24, 2.45) is 46.3 Å². The van der Waals surface area contributed by atoms with Gasteiger partial charge in [-0.1, -0.05) is 33.6 Å². The van der Waals surface area contributed by atoms with Gasteiger partial charge in [-0.25, -0.2) is 0 Å². The van der Waals surface area contributed by atoms with Crippen LogP contribution in [0.15, 0.2) is 0 Å². The minimum Gasteiger partial charge on any atom is -0.393 e. The SMILES string of the molecule is C[C@H](O)CCC[C@@H](C)[C@H]1CC[C@H]2[C@@H]3CC[C@H]4C[C@](O)(C(F)(F)F)CC[C@]4(C)[C@H]3CC[C@]12C. The van der Waals surface area contributed by atoms with Gasteiger partial charge in [0.2, 0.25) is 0 Å². The Morgan fingerprint density at radius 3 is 2.22 bits per heavy atom. The van der Waals surface area contributed by atoms with Crippen LogP contribution in [0.1, 0.15) is 105 Å². The van der Waals surface area contributed by atoms with Crippen LogP contribution in [0.2, 0.25) is 0 Å². The molecule has 0 radical (unpaired) electrons. The van der Waals surface area contributed by atoms with E-state index in [2.05, 4.69) is 20.8 Å². The third kappa shape index (κ3) is 3.95. The van der Waals surface area contributed by atoms with Crippen LogP contribution in [0.25, 0.3) is 0 Å². The van der Waals surface area contributed by atoms with Crippen molar-refractivity contribution >= 4 is 0 Å². The van der Waals surface area contributed by atoms with Gasteiger partial charge >= 0.3 is 6.18 Å². The number of fused-ring (bicyclic) bond motifs is 5. The minimum absolute atomic E-state index is 0.00919. The largest absolute Gasteiger partial charge is 0.417 e. The average Bonchev–Trinajstić information content (AvgIpc) is 3.04. The second kappa shape index (κ2) is 8.43. The standard InChI is InChI=1S/C27H45F3O2/c1-17(6-5-7-18(2)31)21-10-11-22-20-9-8-19-16-26(32,27(28,29)30)15-14-24(19,3)23(20)12-13-25(21,22)4/h17-23,31-32H,5-16H2,1-4H3/t17-,18+,19+,20+,21-,22+,23+,24+,25-,26+/m1/s1. The maximum Gasteiger partial charge on any atom is 0.417 e. The van der Waals surface area contributed by atoms with E-state index in [1.54, 1.807) is 0 Å². The fourth-order valence-corrected chi connectivity index (χ4v) is 9.41. The number of hydrogen-bond acceptors (Lipinski definition) is 2. The number of rotatable bonds is 5. The van der Waals surface area contributed by atoms with Gasteiger partial charge in [0.05, 0.1) is 6.10 Å². The molecule has 0 heterocycles. The molecule has 4 fully saturated rings. The summed E-state index contributed by atoms with van der Waals surface area (Å²) in [6.07, 6.45) is 5.50. The van der Waals surface area contributed by atoms with Crippen LogP contribution >= 0.6 is 0 Å². The third-order valence-corrected chi connectivity index (χ3v) is 11.3. The molecule has 0 aromatic rings. The van der Waals surface area contributed by atoms with E-state index in [1.165, 1.54) is 25.7 Å². The molecule has 0 unspecified atom stereocenters. The zero-order chi connectivity index (χ0) is 23.5. The lowest BCUT2D eigenvalue weighted by atomic mass is 9.43. The summed E-state index contributed by atoms with van der Waals surface area (Å²) >= 11 is 0. The highest BCUT2D eigenvalue weighted by molar-refractivity contribution is 5.11. The van der Waals surface area contributed by atoms with Crippen molar-refractivity contribution in [2.75, 3.05) is 0 Å². The average molecular weight is 459 g/mol. The summed E-state index contributed by atoms with van der Waals surface area (Å²) in [6.45, 7) is 9.06. The maximum atomic E-state index is 13.6. The molecule has 186 valence electrons. The molecule has 0 aromatic heterocycles. The molecule has 2 N–H and O–H groups in total. The topological polar surface area (TPSA) is 40.5 Å². The van der Waals surface area contributed by atoms with Crippen LogP contribution in [0.5, 0.6) is 0 Å². The number of halogens is 3. The Balaban J connectivity index is 1.47. The Hall–Kier alpha value is -0.290. The van der Waals surface area contributed by atoms with E-state index in [1.807, 2.05) is 6.92 Å². The van der Waals surface area contributed by atoms with E-state index in [9.17, 15) is 23.4 Å². The van der Waals surface area contributed by atoms with E-state index in [4.69, 9.17) is 0 Å². The van der Waals surface area contributed by atoms with Crippen molar-refractivity contribution < 1.29 is 23.4 Å². The molecule has 0 aromatic carbocycles. The molecule has 5 heteroatoms. The van der Waals surface area contributed by atoms with Crippen molar-refractivity contribution in [2.45, 2.75) is 123 Å². The maximum absolute atomic E-state index is 13.6. The highest BCUT2D eigenvalue weighted by Gasteiger charge is 2.65. The van der Waals surface area contributed by atoms with Gasteiger partial charge in [0.1, 0.15) is 0 Å². The lowest BCUT2D eigenvalue weighted by Gasteiger charge is -2.62. The van der Waals surface area contributed by atoms with Gasteiger partial charge in [-0.15, -0.1) is 0 Å². The zero-order valence-electron chi connectivity index (χ0n) is 20.6. The van der Waals surface area contributed by atoms with Crippen LogP contribution in [0, 0.1) is 46.3 Å². The van der Waals surface area contributed by atoms with Crippen molar-refractivity contribution in [1.82, 2.24) is 0 Å². The monoisotopic (exact) mass is 458 g/mol. The molecule has 4 rings (SSSR count). The summed E-state index contributed by atoms with van der Waals surface area (Å²) in [5, 5.41) is 20.0. The zero-order valence-corrected chi connectivity index (χ0v) is 20.6. The Morgan fingerprint density at radius 1 is 0.875 bits per heavy atom. The fraction of sp³-hybridized carbons (Fsp3) is 1.00. The van der Waals surface area contributed by atoms with E-state index >= 15 is 0 Å². The Kier molecular flexibility index (Phi) is 6.54. The molecule has 2 nitrogen and oxygen atoms in total. The summed E-state index contributed by atoms with van der Waals surface area (Å²) < 4.78 is 40.7. The molecule has 0 spiro atoms. The number of aliphatic hydroxyl groups excluding tert-OH is 1. The van der Waals surface area contributed by atoms with Gasteiger partial charge in [-0.3, -0.25) is 0 Å². The number of alkyl halides is 3. The minimum atomic E-state index is -4.51. The summed E-state index contributed by atoms with van der Waals surface area (Å²) in [5.41, 5.74) is -2.17. The summed E-state index contributed by atoms with van der Waals surface area (Å²) in [6, 6.07) is 0. The quantitative estimate of drug-likeness (QED) is 0.460. The fourth-order valence-electron chi connectivity index (χ4n) is 9.41. The Labute approximate surface area is 192 Å². The molecule has 4 saturated carbocycles. The first-order valence-corrected chi connectivity index (χ1v) is 13.3. The van der Waals surface area contributed by atoms with Crippen LogP contribution in [0.4, 0.5) is 13.2 Å². The van der Waals surface area contributed by atoms with Gasteiger partial charge in [0.25, 0.3) is 0 Å². The van der Waals surface area contributed by atoms with Crippen LogP contribution in [-0.2, 0) is 0 Å². The van der Waals surface area contributed by atoms with Gasteiger partial charge in [0.15, 0.2) is 5.60 Å². The van der Waals surface area contributed by atoms with E-state index in [-0.39, 0.29) is 30.3 Å². The molecule has 0 amide bonds. The van der Waals surface area contributed by atoms with Crippen molar-refractivity contribution in [1.29, 1.82) is 0 Å². The normalized spacial score (nSPS) is 48.5. The molecule has 32 heavy (non-hydrogen) atoms. The van der Waals surface area contributed by atoms with Crippen molar-refractivity contribution in [3.05, 3.63) is 0 Å². The summed E-state index contributed by atoms with van der Waals surface area (Å²) in [5.74, 6) is 3.25. The predicted octanol–water partition coefficient (Wildman–Crippen LogP) is 7.13. The predicted molar refractivity (Wildman–Crippen MR) is 121 cm³/mol. The van der Waals surface area contributed by atoms with Crippen LogP contribution in [0.3, 0.4) is 0 Å². The number of aliphatic hydroxyl groups is 2. The first kappa shape index (κ1) is 24.8. The third-order valence-electron chi connectivity index (χ3n) is 11.3. The Bertz CT molecular complexity index is 678. The summed E-state index contributed by atoms with van der Waals surface area (Å²) in [4.78, 5) is 0. The second-order valence-corrected chi connectivity index (χ2v) is 12.9. The van der Waals surface area contributed by atoms with Crippen LogP contribution in [-0.4, -0.2) is 28.1 Å². The van der Waals surface area contributed by atoms with Gasteiger partial charge in [-0.05, 0) is 117 Å². The van der Waals surface area contributed by atoms with Crippen LogP contribution < -0.4 is 0 Å². The van der Waals surface area contributed by atoms with Gasteiger partial charge in [0, 0.05) is 0 Å². The van der Waals surface area contributed by atoms with E-state index < -0.39 is 11.8 Å². The molecule has 0 aliphatic heterocycles. The smallest absolute Gasteiger partial charge is 0.393 e. The first-order valence-electron chi connectivity index (χ1n) is 13.3. The van der Waals surface area contributed by atoms with E-state index in [0.29, 0.717) is 35.5 Å². The highest BCUT2D eigenvalue weighted by Crippen LogP contribution is 2.69. The van der Waals surface area contributed by atoms with Gasteiger partial charge in [-0.2, -0.15) is 13.2 Å². The molecule has 4 aliphatic carbocycles. The highest BCUT2D eigenvalue weighted by atomic mass is 19.4. The number of hydrogen-bond donors (Lipinski definition) is 2. The lowest BCUT2D eigenvalue weighted by Crippen LogP contribution is -2.59. The summed E-state index contributed by atoms with van der Waals surface area (Å²) in [7, 11) is 0.